The van der Waals surface area contributed by atoms with Gasteiger partial charge in [0.25, 0.3) is 5.91 Å². The molecule has 1 atom stereocenters. The highest BCUT2D eigenvalue weighted by Gasteiger charge is 2.30. The quantitative estimate of drug-likeness (QED) is 0.371. The van der Waals surface area contributed by atoms with Crippen LogP contribution in [0.25, 0.3) is 11.4 Å². The maximum absolute atomic E-state index is 12.7. The van der Waals surface area contributed by atoms with E-state index in [1.807, 2.05) is 0 Å². The van der Waals surface area contributed by atoms with Crippen LogP contribution in [0.1, 0.15) is 48.7 Å². The summed E-state index contributed by atoms with van der Waals surface area (Å²) in [5.41, 5.74) is 4.96. The average Bonchev–Trinajstić information content (AvgIpc) is 3.42. The topological polar surface area (TPSA) is 121 Å². The van der Waals surface area contributed by atoms with Crippen molar-refractivity contribution in [1.82, 2.24) is 19.9 Å². The first-order valence-corrected chi connectivity index (χ1v) is 12.5. The molecule has 39 heavy (non-hydrogen) atoms. The predicted octanol–water partition coefficient (Wildman–Crippen LogP) is 4.66. The summed E-state index contributed by atoms with van der Waals surface area (Å²) in [6, 6.07) is 9.56. The molecule has 1 aliphatic rings. The molecule has 3 aromatic rings. The number of halogens is 3. The Morgan fingerprint density at radius 2 is 1.77 bits per heavy atom. The van der Waals surface area contributed by atoms with E-state index in [0.717, 1.165) is 38.2 Å². The van der Waals surface area contributed by atoms with Gasteiger partial charge in [0, 0.05) is 30.3 Å². The van der Waals surface area contributed by atoms with Crippen LogP contribution in [0.4, 0.5) is 13.2 Å². The molecular weight excluding hydrogens is 515 g/mol. The van der Waals surface area contributed by atoms with Crippen LogP contribution in [0.3, 0.4) is 0 Å². The second kappa shape index (κ2) is 12.2. The summed E-state index contributed by atoms with van der Waals surface area (Å²) in [4.78, 5) is 39.0. The zero-order valence-corrected chi connectivity index (χ0v) is 21.3. The van der Waals surface area contributed by atoms with Crippen LogP contribution in [-0.4, -0.2) is 57.3 Å². The summed E-state index contributed by atoms with van der Waals surface area (Å²) in [6.07, 6.45) is -1.09. The molecule has 2 aromatic heterocycles. The first kappa shape index (κ1) is 28.0. The van der Waals surface area contributed by atoms with Crippen molar-refractivity contribution >= 4 is 11.7 Å². The minimum Gasteiger partial charge on any atom is -0.467 e. The van der Waals surface area contributed by atoms with Gasteiger partial charge in [-0.3, -0.25) is 9.59 Å². The third-order valence-electron chi connectivity index (χ3n) is 6.20. The number of nitrogens with zero attached hydrogens (tertiary/aromatic N) is 4. The van der Waals surface area contributed by atoms with Crippen LogP contribution < -0.4 is 15.2 Å². The number of hydrogen-bond acceptors (Lipinski definition) is 8. The molecule has 3 heterocycles. The maximum Gasteiger partial charge on any atom is 0.417 e. The highest BCUT2D eigenvalue weighted by Crippen LogP contribution is 2.30. The van der Waals surface area contributed by atoms with Gasteiger partial charge in [-0.2, -0.15) is 18.2 Å². The van der Waals surface area contributed by atoms with Crippen LogP contribution in [0, 0.1) is 0 Å². The molecule has 4 rings (SSSR count). The first-order chi connectivity index (χ1) is 18.6. The lowest BCUT2D eigenvalue weighted by Crippen LogP contribution is -2.27. The van der Waals surface area contributed by atoms with E-state index >= 15 is 0 Å². The molecule has 0 bridgehead atoms. The Balaban J connectivity index is 1.42. The number of ether oxygens (including phenoxy) is 2. The van der Waals surface area contributed by atoms with Crippen molar-refractivity contribution < 1.29 is 32.2 Å². The van der Waals surface area contributed by atoms with Crippen molar-refractivity contribution in [2.24, 2.45) is 5.73 Å². The van der Waals surface area contributed by atoms with Crippen molar-refractivity contribution in [3.8, 4) is 28.9 Å². The zero-order valence-electron chi connectivity index (χ0n) is 21.3. The number of aromatic nitrogens is 3. The molecule has 1 saturated heterocycles. The Hall–Kier alpha value is -4.06. The lowest BCUT2D eigenvalue weighted by molar-refractivity contribution is -0.137. The van der Waals surface area contributed by atoms with Crippen molar-refractivity contribution in [1.29, 1.82) is 0 Å². The molecule has 12 heteroatoms. The van der Waals surface area contributed by atoms with Gasteiger partial charge in [-0.05, 0) is 76.2 Å². The molecule has 1 fully saturated rings. The van der Waals surface area contributed by atoms with Crippen LogP contribution in [0.15, 0.2) is 48.7 Å². The fraction of sp³-hybridized carbons (Fsp3) is 0.370. The van der Waals surface area contributed by atoms with E-state index in [9.17, 15) is 22.8 Å². The van der Waals surface area contributed by atoms with Crippen molar-refractivity contribution in [3.05, 3.63) is 59.9 Å². The SMILES string of the molecule is C[C@H](Oc1cc(C(N)=O)nc(-c2ccc(Oc3ccc(C(F)(F)F)cn3)cc2)n1)C(=O)CCCN1CCCC1. The summed E-state index contributed by atoms with van der Waals surface area (Å²) in [6.45, 7) is 4.64. The van der Waals surface area contributed by atoms with E-state index in [1.165, 1.54) is 18.9 Å². The second-order valence-electron chi connectivity index (χ2n) is 9.17. The van der Waals surface area contributed by atoms with E-state index < -0.39 is 23.8 Å². The van der Waals surface area contributed by atoms with Gasteiger partial charge in [0.15, 0.2) is 17.7 Å². The number of pyridine rings is 1. The Kier molecular flexibility index (Phi) is 8.75. The highest BCUT2D eigenvalue weighted by atomic mass is 19.4. The predicted molar refractivity (Wildman–Crippen MR) is 135 cm³/mol. The molecule has 1 aromatic carbocycles. The Morgan fingerprint density at radius 3 is 2.38 bits per heavy atom. The summed E-state index contributed by atoms with van der Waals surface area (Å²) >= 11 is 0. The number of carbonyl (C=O) groups excluding carboxylic acids is 2. The monoisotopic (exact) mass is 543 g/mol. The molecule has 1 aliphatic heterocycles. The molecule has 0 spiro atoms. The number of amides is 1. The number of alkyl halides is 3. The minimum absolute atomic E-state index is 0.0162. The van der Waals surface area contributed by atoms with Crippen LogP contribution in [0.5, 0.6) is 17.5 Å². The third-order valence-corrected chi connectivity index (χ3v) is 6.20. The number of Topliss-reactive ketones (excluding diaryl/α,β-unsaturated/α-hetero) is 1. The summed E-state index contributed by atoms with van der Waals surface area (Å²) in [5.74, 6) is -0.411. The number of hydrogen-bond donors (Lipinski definition) is 1. The number of nitrogens with two attached hydrogens (primary N) is 1. The number of ketones is 1. The Morgan fingerprint density at radius 1 is 1.05 bits per heavy atom. The van der Waals surface area contributed by atoms with Crippen molar-refractivity contribution in [3.63, 3.8) is 0 Å². The van der Waals surface area contributed by atoms with Crippen LogP contribution >= 0.6 is 0 Å². The number of carbonyl (C=O) groups is 2. The number of benzene rings is 1. The van der Waals surface area contributed by atoms with E-state index in [-0.39, 0.29) is 29.1 Å². The van der Waals surface area contributed by atoms with Crippen LogP contribution in [0.2, 0.25) is 0 Å². The second-order valence-corrected chi connectivity index (χ2v) is 9.17. The molecule has 0 saturated carbocycles. The molecule has 0 radical (unpaired) electrons. The van der Waals surface area contributed by atoms with Gasteiger partial charge < -0.3 is 20.1 Å². The van der Waals surface area contributed by atoms with Crippen molar-refractivity contribution in [2.75, 3.05) is 19.6 Å². The zero-order chi connectivity index (χ0) is 28.0. The van der Waals surface area contributed by atoms with Gasteiger partial charge >= 0.3 is 6.18 Å². The smallest absolute Gasteiger partial charge is 0.417 e. The Labute approximate surface area is 223 Å². The first-order valence-electron chi connectivity index (χ1n) is 12.5. The largest absolute Gasteiger partial charge is 0.467 e. The van der Waals surface area contributed by atoms with Gasteiger partial charge in [-0.15, -0.1) is 0 Å². The normalized spacial score (nSPS) is 14.7. The van der Waals surface area contributed by atoms with Crippen LogP contribution in [-0.2, 0) is 11.0 Å². The van der Waals surface area contributed by atoms with E-state index in [4.69, 9.17) is 15.2 Å². The summed E-state index contributed by atoms with van der Waals surface area (Å²) < 4.78 is 49.4. The fourth-order valence-electron chi connectivity index (χ4n) is 4.08. The number of primary amides is 1. The molecule has 9 nitrogen and oxygen atoms in total. The molecule has 206 valence electrons. The Bertz CT molecular complexity index is 1290. The third kappa shape index (κ3) is 7.73. The summed E-state index contributed by atoms with van der Waals surface area (Å²) in [7, 11) is 0. The average molecular weight is 544 g/mol. The fourth-order valence-corrected chi connectivity index (χ4v) is 4.08. The van der Waals surface area contributed by atoms with E-state index in [2.05, 4.69) is 19.9 Å². The van der Waals surface area contributed by atoms with Gasteiger partial charge in [0.1, 0.15) is 11.4 Å². The van der Waals surface area contributed by atoms with Gasteiger partial charge in [0.2, 0.25) is 11.8 Å². The number of likely N-dealkylation sites (tertiary alicyclic amines) is 1. The maximum atomic E-state index is 12.7. The molecule has 0 aliphatic carbocycles. The van der Waals surface area contributed by atoms with Crippen molar-refractivity contribution in [2.45, 2.75) is 44.9 Å². The van der Waals surface area contributed by atoms with Gasteiger partial charge in [-0.25, -0.2) is 9.97 Å². The molecule has 1 amide bonds. The summed E-state index contributed by atoms with van der Waals surface area (Å²) in [5, 5.41) is 0. The number of rotatable bonds is 11. The lowest BCUT2D eigenvalue weighted by Gasteiger charge is -2.16. The highest BCUT2D eigenvalue weighted by molar-refractivity contribution is 5.91. The lowest BCUT2D eigenvalue weighted by atomic mass is 10.1. The molecular formula is C27H28F3N5O4. The van der Waals surface area contributed by atoms with E-state index in [1.54, 1.807) is 31.2 Å². The van der Waals surface area contributed by atoms with E-state index in [0.29, 0.717) is 23.9 Å². The van der Waals surface area contributed by atoms with Gasteiger partial charge in [0.05, 0.1) is 5.56 Å². The molecule has 0 unspecified atom stereocenters. The minimum atomic E-state index is -4.49. The standard InChI is InChI=1S/C27H28F3N5O4/c1-17(22(36)5-4-14-35-12-2-3-13-35)38-24-15-21(25(31)37)33-26(34-24)18-6-9-20(10-7-18)39-23-11-8-19(16-32-23)27(28,29)30/h6-11,15-17H,2-5,12-14H2,1H3,(H2,31,37)/t17-/m0/s1. The van der Waals surface area contributed by atoms with Gasteiger partial charge in [-0.1, -0.05) is 0 Å². The molecule has 2 N–H and O–H groups in total.